The highest BCUT2D eigenvalue weighted by Gasteiger charge is 2.11. The molecule has 0 aliphatic carbocycles. The van der Waals surface area contributed by atoms with Gasteiger partial charge in [0.05, 0.1) is 5.56 Å². The molecule has 4 nitrogen and oxygen atoms in total. The van der Waals surface area contributed by atoms with Gasteiger partial charge < -0.3 is 4.74 Å². The average molecular weight is 219 g/mol. The number of esters is 2. The van der Waals surface area contributed by atoms with Crippen LogP contribution in [0.15, 0.2) is 37.2 Å². The van der Waals surface area contributed by atoms with Crippen molar-refractivity contribution in [1.82, 2.24) is 4.98 Å². The molecule has 0 atom stereocenters. The van der Waals surface area contributed by atoms with Crippen molar-refractivity contribution in [3.05, 3.63) is 42.7 Å². The van der Waals surface area contributed by atoms with Crippen LogP contribution in [-0.4, -0.2) is 16.9 Å². The minimum absolute atomic E-state index is 0.225. The Bertz CT molecular complexity index is 373. The van der Waals surface area contributed by atoms with Crippen molar-refractivity contribution in [3.63, 3.8) is 0 Å². The lowest BCUT2D eigenvalue weighted by molar-refractivity contribution is -0.138. The summed E-state index contributed by atoms with van der Waals surface area (Å²) in [5.74, 6) is -1.14. The molecule has 1 aromatic rings. The van der Waals surface area contributed by atoms with Crippen molar-refractivity contribution >= 4 is 11.9 Å². The van der Waals surface area contributed by atoms with Crippen LogP contribution >= 0.6 is 0 Å². The van der Waals surface area contributed by atoms with Gasteiger partial charge >= 0.3 is 11.9 Å². The van der Waals surface area contributed by atoms with Gasteiger partial charge in [0.2, 0.25) is 0 Å². The molecule has 1 aromatic heterocycles. The van der Waals surface area contributed by atoms with Gasteiger partial charge in [-0.25, -0.2) is 4.79 Å². The Kier molecular flexibility index (Phi) is 4.92. The van der Waals surface area contributed by atoms with Crippen LogP contribution in [0.2, 0.25) is 0 Å². The second kappa shape index (κ2) is 6.50. The number of aromatic nitrogens is 1. The summed E-state index contributed by atoms with van der Waals surface area (Å²) < 4.78 is 4.64. The van der Waals surface area contributed by atoms with Crippen molar-refractivity contribution in [3.8, 4) is 0 Å². The van der Waals surface area contributed by atoms with E-state index < -0.39 is 11.9 Å². The fraction of sp³-hybridized carbons (Fsp3) is 0.250. The highest BCUT2D eigenvalue weighted by atomic mass is 16.6. The van der Waals surface area contributed by atoms with Crippen LogP contribution in [0.25, 0.3) is 0 Å². The molecule has 4 heteroatoms. The predicted molar refractivity (Wildman–Crippen MR) is 58.7 cm³/mol. The SMILES string of the molecule is C=CCCCC(=O)OC(=O)c1ccncc1. The van der Waals surface area contributed by atoms with E-state index in [4.69, 9.17) is 0 Å². The van der Waals surface area contributed by atoms with Crippen LogP contribution in [-0.2, 0) is 9.53 Å². The molecule has 0 unspecified atom stereocenters. The molecule has 1 heterocycles. The molecule has 0 radical (unpaired) electrons. The minimum Gasteiger partial charge on any atom is -0.389 e. The number of allylic oxidation sites excluding steroid dienone is 1. The van der Waals surface area contributed by atoms with E-state index in [1.807, 2.05) is 0 Å². The Labute approximate surface area is 94.0 Å². The summed E-state index contributed by atoms with van der Waals surface area (Å²) in [6.45, 7) is 3.54. The maximum atomic E-state index is 11.4. The van der Waals surface area contributed by atoms with E-state index in [0.717, 1.165) is 6.42 Å². The van der Waals surface area contributed by atoms with E-state index >= 15 is 0 Å². The fourth-order valence-corrected chi connectivity index (χ4v) is 1.09. The van der Waals surface area contributed by atoms with Crippen molar-refractivity contribution in [2.24, 2.45) is 0 Å². The minimum atomic E-state index is -0.633. The quantitative estimate of drug-likeness (QED) is 0.329. The Hall–Kier alpha value is -1.97. The van der Waals surface area contributed by atoms with Crippen LogP contribution < -0.4 is 0 Å². The Morgan fingerprint density at radius 3 is 2.69 bits per heavy atom. The number of hydrogen-bond acceptors (Lipinski definition) is 4. The van der Waals surface area contributed by atoms with E-state index in [1.165, 1.54) is 24.5 Å². The number of carbonyl (C=O) groups is 2. The van der Waals surface area contributed by atoms with E-state index in [2.05, 4.69) is 16.3 Å². The molecule has 0 spiro atoms. The van der Waals surface area contributed by atoms with E-state index in [0.29, 0.717) is 12.0 Å². The molecule has 0 bridgehead atoms. The Balaban J connectivity index is 2.40. The predicted octanol–water partition coefficient (Wildman–Crippen LogP) is 2.12. The molecule has 0 saturated heterocycles. The second-order valence-corrected chi connectivity index (χ2v) is 3.18. The standard InChI is InChI=1S/C12H13NO3/c1-2-3-4-5-11(14)16-12(15)10-6-8-13-9-7-10/h2,6-9H,1,3-5H2. The molecule has 0 saturated carbocycles. The molecule has 16 heavy (non-hydrogen) atoms. The second-order valence-electron chi connectivity index (χ2n) is 3.18. The van der Waals surface area contributed by atoms with Gasteiger partial charge in [0.15, 0.2) is 0 Å². The number of nitrogens with zero attached hydrogens (tertiary/aromatic N) is 1. The summed E-state index contributed by atoms with van der Waals surface area (Å²) in [6.07, 6.45) is 6.27. The van der Waals surface area contributed by atoms with Crippen LogP contribution in [0.4, 0.5) is 0 Å². The third kappa shape index (κ3) is 4.04. The first-order valence-electron chi connectivity index (χ1n) is 5.00. The highest BCUT2D eigenvalue weighted by molar-refractivity contribution is 5.96. The number of ether oxygens (including phenoxy) is 1. The van der Waals surface area contributed by atoms with Gasteiger partial charge in [-0.3, -0.25) is 9.78 Å². The lowest BCUT2D eigenvalue weighted by Crippen LogP contribution is -2.12. The highest BCUT2D eigenvalue weighted by Crippen LogP contribution is 2.03. The lowest BCUT2D eigenvalue weighted by atomic mass is 10.2. The summed E-state index contributed by atoms with van der Waals surface area (Å²) in [6, 6.07) is 3.00. The van der Waals surface area contributed by atoms with Crippen molar-refractivity contribution < 1.29 is 14.3 Å². The fourth-order valence-electron chi connectivity index (χ4n) is 1.09. The van der Waals surface area contributed by atoms with Gasteiger partial charge in [-0.1, -0.05) is 6.08 Å². The zero-order chi connectivity index (χ0) is 11.8. The summed E-state index contributed by atoms with van der Waals surface area (Å²) in [5, 5.41) is 0. The molecular formula is C12H13NO3. The Morgan fingerprint density at radius 1 is 1.38 bits per heavy atom. The number of hydrogen-bond donors (Lipinski definition) is 0. The molecule has 0 aromatic carbocycles. The van der Waals surface area contributed by atoms with Gasteiger partial charge in [-0.2, -0.15) is 0 Å². The monoisotopic (exact) mass is 219 g/mol. The summed E-state index contributed by atoms with van der Waals surface area (Å²) in [7, 11) is 0. The van der Waals surface area contributed by atoms with Gasteiger partial charge in [-0.05, 0) is 25.0 Å². The van der Waals surface area contributed by atoms with Crippen molar-refractivity contribution in [2.75, 3.05) is 0 Å². The molecule has 0 aliphatic heterocycles. The van der Waals surface area contributed by atoms with Gasteiger partial charge in [0, 0.05) is 18.8 Å². The summed E-state index contributed by atoms with van der Waals surface area (Å²) in [5.41, 5.74) is 0.326. The van der Waals surface area contributed by atoms with Gasteiger partial charge in [0.1, 0.15) is 0 Å². The van der Waals surface area contributed by atoms with Crippen LogP contribution in [0.1, 0.15) is 29.6 Å². The molecular weight excluding hydrogens is 206 g/mol. The molecule has 0 fully saturated rings. The number of carbonyl (C=O) groups excluding carboxylic acids is 2. The third-order valence-corrected chi connectivity index (χ3v) is 1.91. The zero-order valence-corrected chi connectivity index (χ0v) is 8.89. The average Bonchev–Trinajstić information content (AvgIpc) is 2.30. The molecule has 0 amide bonds. The first kappa shape index (κ1) is 12.1. The van der Waals surface area contributed by atoms with Crippen LogP contribution in [0, 0.1) is 0 Å². The van der Waals surface area contributed by atoms with E-state index in [9.17, 15) is 9.59 Å². The summed E-state index contributed by atoms with van der Waals surface area (Å²) in [4.78, 5) is 26.4. The van der Waals surface area contributed by atoms with Crippen molar-refractivity contribution in [2.45, 2.75) is 19.3 Å². The number of pyridine rings is 1. The zero-order valence-electron chi connectivity index (χ0n) is 8.89. The Morgan fingerprint density at radius 2 is 2.06 bits per heavy atom. The molecule has 0 N–H and O–H groups in total. The largest absolute Gasteiger partial charge is 0.389 e. The lowest BCUT2D eigenvalue weighted by Gasteiger charge is -2.01. The van der Waals surface area contributed by atoms with Crippen LogP contribution in [0.3, 0.4) is 0 Å². The number of rotatable bonds is 5. The molecule has 1 rings (SSSR count). The van der Waals surface area contributed by atoms with Gasteiger partial charge in [0.25, 0.3) is 0 Å². The number of unbranched alkanes of at least 4 members (excludes halogenated alkanes) is 1. The third-order valence-electron chi connectivity index (χ3n) is 1.91. The summed E-state index contributed by atoms with van der Waals surface area (Å²) >= 11 is 0. The van der Waals surface area contributed by atoms with Crippen molar-refractivity contribution in [1.29, 1.82) is 0 Å². The first-order chi connectivity index (χ1) is 7.74. The van der Waals surface area contributed by atoms with Crippen LogP contribution in [0.5, 0.6) is 0 Å². The smallest absolute Gasteiger partial charge is 0.345 e. The normalized spacial score (nSPS) is 9.50. The van der Waals surface area contributed by atoms with E-state index in [-0.39, 0.29) is 6.42 Å². The maximum absolute atomic E-state index is 11.4. The topological polar surface area (TPSA) is 56.3 Å². The maximum Gasteiger partial charge on any atom is 0.345 e. The van der Waals surface area contributed by atoms with E-state index in [1.54, 1.807) is 6.08 Å². The van der Waals surface area contributed by atoms with Gasteiger partial charge in [-0.15, -0.1) is 6.58 Å². The first-order valence-corrected chi connectivity index (χ1v) is 5.00. The molecule has 0 aliphatic rings. The molecule has 84 valence electrons.